The number of benzene rings is 1. The van der Waals surface area contributed by atoms with Gasteiger partial charge in [0, 0.05) is 6.04 Å². The molecule has 1 aliphatic heterocycles. The molecule has 1 heterocycles. The number of carbonyl (C=O) groups excluding carboxylic acids is 4. The number of fused-ring (bicyclic) bond motifs is 1. The van der Waals surface area contributed by atoms with E-state index in [1.54, 1.807) is 0 Å². The van der Waals surface area contributed by atoms with Crippen LogP contribution >= 0.6 is 0 Å². The van der Waals surface area contributed by atoms with Crippen LogP contribution in [0.3, 0.4) is 0 Å². The minimum Gasteiger partial charge on any atom is -0.466 e. The summed E-state index contributed by atoms with van der Waals surface area (Å²) >= 11 is 0. The van der Waals surface area contributed by atoms with Crippen molar-refractivity contribution in [3.8, 4) is 0 Å². The van der Waals surface area contributed by atoms with E-state index in [1.807, 2.05) is 0 Å². The van der Waals surface area contributed by atoms with Gasteiger partial charge >= 0.3 is 11.9 Å². The predicted octanol–water partition coefficient (Wildman–Crippen LogP) is 1.95. The van der Waals surface area contributed by atoms with E-state index in [4.69, 9.17) is 4.74 Å². The van der Waals surface area contributed by atoms with Crippen molar-refractivity contribution in [2.24, 2.45) is 0 Å². The van der Waals surface area contributed by atoms with Gasteiger partial charge in [0.1, 0.15) is 0 Å². The van der Waals surface area contributed by atoms with E-state index in [1.165, 1.54) is 30.2 Å². The predicted molar refractivity (Wildman–Crippen MR) is 86.1 cm³/mol. The Morgan fingerprint density at radius 3 is 2.44 bits per heavy atom. The Bertz CT molecular complexity index is 735. The van der Waals surface area contributed by atoms with E-state index < -0.39 is 18.5 Å². The molecule has 2 aliphatic rings. The number of hydrogen-bond acceptors (Lipinski definition) is 6. The molecule has 0 atom stereocenters. The first-order valence-electron chi connectivity index (χ1n) is 8.29. The Kier molecular flexibility index (Phi) is 4.83. The van der Waals surface area contributed by atoms with Crippen LogP contribution in [0, 0.1) is 0 Å². The van der Waals surface area contributed by atoms with Gasteiger partial charge in [-0.1, -0.05) is 19.3 Å². The van der Waals surface area contributed by atoms with Crippen LogP contribution in [0.1, 0.15) is 63.2 Å². The molecule has 1 saturated carbocycles. The fraction of sp³-hybridized carbons (Fsp3) is 0.444. The van der Waals surface area contributed by atoms with Crippen LogP contribution in [0.25, 0.3) is 0 Å². The minimum absolute atomic E-state index is 0.0733. The number of ether oxygens (including phenoxy) is 2. The Hall–Kier alpha value is -2.70. The number of nitrogens with zero attached hydrogens (tertiary/aromatic N) is 1. The highest BCUT2D eigenvalue weighted by Crippen LogP contribution is 2.31. The lowest BCUT2D eigenvalue weighted by Gasteiger charge is -2.29. The third-order valence-corrected chi connectivity index (χ3v) is 4.64. The Labute approximate surface area is 144 Å². The Balaban J connectivity index is 1.79. The molecule has 1 aromatic carbocycles. The maximum atomic E-state index is 12.7. The van der Waals surface area contributed by atoms with Crippen molar-refractivity contribution in [3.05, 3.63) is 34.9 Å². The van der Waals surface area contributed by atoms with Gasteiger partial charge in [-0.15, -0.1) is 0 Å². The van der Waals surface area contributed by atoms with E-state index in [9.17, 15) is 19.2 Å². The first kappa shape index (κ1) is 17.1. The molecule has 0 saturated heterocycles. The number of rotatable bonds is 4. The summed E-state index contributed by atoms with van der Waals surface area (Å²) in [4.78, 5) is 49.6. The number of methoxy groups -OCH3 is 1. The van der Waals surface area contributed by atoms with Crippen molar-refractivity contribution in [3.63, 3.8) is 0 Å². The molecule has 1 aromatic rings. The quantitative estimate of drug-likeness (QED) is 0.612. The van der Waals surface area contributed by atoms with Gasteiger partial charge in [0.15, 0.2) is 6.61 Å². The third-order valence-electron chi connectivity index (χ3n) is 4.64. The summed E-state index contributed by atoms with van der Waals surface area (Å²) in [6.45, 7) is -0.506. The highest BCUT2D eigenvalue weighted by atomic mass is 16.6. The van der Waals surface area contributed by atoms with Gasteiger partial charge in [-0.2, -0.15) is 0 Å². The van der Waals surface area contributed by atoms with Crippen molar-refractivity contribution in [2.75, 3.05) is 13.7 Å². The van der Waals surface area contributed by atoms with Crippen molar-refractivity contribution >= 4 is 23.8 Å². The second-order valence-corrected chi connectivity index (χ2v) is 6.18. The molecule has 3 rings (SSSR count). The largest absolute Gasteiger partial charge is 0.466 e. The number of imide groups is 1. The van der Waals surface area contributed by atoms with Crippen molar-refractivity contribution in [1.82, 2.24) is 4.90 Å². The zero-order valence-corrected chi connectivity index (χ0v) is 13.9. The molecule has 25 heavy (non-hydrogen) atoms. The second kappa shape index (κ2) is 7.04. The molecular weight excluding hydrogens is 326 g/mol. The smallest absolute Gasteiger partial charge is 0.344 e. The van der Waals surface area contributed by atoms with Gasteiger partial charge in [0.2, 0.25) is 0 Å². The summed E-state index contributed by atoms with van der Waals surface area (Å²) < 4.78 is 9.22. The van der Waals surface area contributed by atoms with Gasteiger partial charge < -0.3 is 9.47 Å². The summed E-state index contributed by atoms with van der Waals surface area (Å²) in [5, 5.41) is 0. The number of carbonyl (C=O) groups is 4. The molecule has 1 fully saturated rings. The van der Waals surface area contributed by atoms with Gasteiger partial charge in [0.25, 0.3) is 11.8 Å². The van der Waals surface area contributed by atoms with Crippen molar-refractivity contribution in [1.29, 1.82) is 0 Å². The monoisotopic (exact) mass is 345 g/mol. The molecule has 0 unspecified atom stereocenters. The van der Waals surface area contributed by atoms with E-state index in [2.05, 4.69) is 4.74 Å². The van der Waals surface area contributed by atoms with Gasteiger partial charge in [-0.3, -0.25) is 14.5 Å². The molecular formula is C18H19NO6. The maximum Gasteiger partial charge on any atom is 0.344 e. The minimum atomic E-state index is -0.746. The van der Waals surface area contributed by atoms with E-state index in [0.717, 1.165) is 32.1 Å². The maximum absolute atomic E-state index is 12.7. The normalized spacial score (nSPS) is 17.4. The highest BCUT2D eigenvalue weighted by Gasteiger charge is 2.40. The molecule has 0 N–H and O–H groups in total. The fourth-order valence-electron chi connectivity index (χ4n) is 3.32. The highest BCUT2D eigenvalue weighted by molar-refractivity contribution is 6.22. The topological polar surface area (TPSA) is 90.0 Å². The molecule has 0 bridgehead atoms. The lowest BCUT2D eigenvalue weighted by molar-refractivity contribution is -0.144. The molecule has 2 amide bonds. The Morgan fingerprint density at radius 1 is 1.08 bits per heavy atom. The summed E-state index contributed by atoms with van der Waals surface area (Å²) in [5.41, 5.74) is 0.637. The van der Waals surface area contributed by atoms with Crippen molar-refractivity contribution < 1.29 is 28.7 Å². The lowest BCUT2D eigenvalue weighted by Crippen LogP contribution is -2.40. The van der Waals surface area contributed by atoms with Crippen LogP contribution < -0.4 is 0 Å². The number of hydrogen-bond donors (Lipinski definition) is 0. The van der Waals surface area contributed by atoms with Crippen LogP contribution in [0.4, 0.5) is 0 Å². The lowest BCUT2D eigenvalue weighted by atomic mass is 9.94. The number of amides is 2. The van der Waals surface area contributed by atoms with E-state index >= 15 is 0 Å². The van der Waals surface area contributed by atoms with Gasteiger partial charge in [-0.05, 0) is 31.0 Å². The standard InChI is InChI=1S/C18H19NO6/c1-24-15(20)10-25-18(23)11-7-8-13-14(9-11)17(22)19(16(13)21)12-5-3-2-4-6-12/h7-9,12H,2-6,10H2,1H3. The average molecular weight is 345 g/mol. The van der Waals surface area contributed by atoms with Gasteiger partial charge in [0.05, 0.1) is 23.8 Å². The SMILES string of the molecule is COC(=O)COC(=O)c1ccc2c(c1)C(=O)N(C1CCCCC1)C2=O. The summed E-state index contributed by atoms with van der Waals surface area (Å²) in [5.74, 6) is -2.09. The first-order valence-corrected chi connectivity index (χ1v) is 8.29. The molecule has 7 heteroatoms. The van der Waals surface area contributed by atoms with Crippen LogP contribution in [0.5, 0.6) is 0 Å². The molecule has 132 valence electrons. The number of esters is 2. The summed E-state index contributed by atoms with van der Waals surface area (Å²) in [6, 6.07) is 4.18. The van der Waals surface area contributed by atoms with E-state index in [0.29, 0.717) is 5.56 Å². The zero-order valence-electron chi connectivity index (χ0n) is 13.9. The molecule has 1 aliphatic carbocycles. The van der Waals surface area contributed by atoms with Crippen LogP contribution in [-0.4, -0.2) is 48.4 Å². The first-order chi connectivity index (χ1) is 12.0. The van der Waals surface area contributed by atoms with Crippen LogP contribution in [-0.2, 0) is 14.3 Å². The van der Waals surface area contributed by atoms with Crippen molar-refractivity contribution in [2.45, 2.75) is 38.1 Å². The van der Waals surface area contributed by atoms with Gasteiger partial charge in [-0.25, -0.2) is 9.59 Å². The van der Waals surface area contributed by atoms with E-state index in [-0.39, 0.29) is 29.0 Å². The molecule has 7 nitrogen and oxygen atoms in total. The third kappa shape index (κ3) is 3.26. The molecule has 0 radical (unpaired) electrons. The summed E-state index contributed by atoms with van der Waals surface area (Å²) in [7, 11) is 1.19. The second-order valence-electron chi connectivity index (χ2n) is 6.18. The fourth-order valence-corrected chi connectivity index (χ4v) is 3.32. The zero-order chi connectivity index (χ0) is 18.0. The molecule has 0 spiro atoms. The average Bonchev–Trinajstić information content (AvgIpc) is 2.90. The van der Waals surface area contributed by atoms with Crippen LogP contribution in [0.2, 0.25) is 0 Å². The Morgan fingerprint density at radius 2 is 1.76 bits per heavy atom. The van der Waals surface area contributed by atoms with Crippen LogP contribution in [0.15, 0.2) is 18.2 Å². The summed E-state index contributed by atoms with van der Waals surface area (Å²) in [6.07, 6.45) is 4.77. The molecule has 0 aromatic heterocycles.